The molecule has 2 aromatic carbocycles. The second-order valence-corrected chi connectivity index (χ2v) is 7.91. The summed E-state index contributed by atoms with van der Waals surface area (Å²) in [6.07, 6.45) is -8.28. The van der Waals surface area contributed by atoms with Crippen molar-refractivity contribution >= 4 is 10.0 Å². The molecular weight excluding hydrogens is 473 g/mol. The zero-order valence-electron chi connectivity index (χ0n) is 15.7. The Bertz CT molecular complexity index is 1260. The van der Waals surface area contributed by atoms with Gasteiger partial charge in [0.2, 0.25) is 15.8 Å². The molecule has 0 radical (unpaired) electrons. The SMILES string of the molecule is Cc1cc(-c2noc(C(F)F)c2-c2cc(F)c(S(N)(=O)=O)c(F)c2)ccc1OC(F)(F)F. The summed E-state index contributed by atoms with van der Waals surface area (Å²) in [7, 11) is -4.81. The van der Waals surface area contributed by atoms with Crippen LogP contribution in [0.2, 0.25) is 0 Å². The lowest BCUT2D eigenvalue weighted by Gasteiger charge is -2.12. The van der Waals surface area contributed by atoms with E-state index in [1.807, 2.05) is 0 Å². The van der Waals surface area contributed by atoms with Gasteiger partial charge in [-0.25, -0.2) is 31.1 Å². The van der Waals surface area contributed by atoms with E-state index in [4.69, 9.17) is 5.14 Å². The molecule has 0 aliphatic carbocycles. The summed E-state index contributed by atoms with van der Waals surface area (Å²) in [4.78, 5) is -1.47. The molecule has 32 heavy (non-hydrogen) atoms. The van der Waals surface area contributed by atoms with Gasteiger partial charge in [-0.2, -0.15) is 0 Å². The quantitative estimate of drug-likeness (QED) is 0.510. The molecule has 6 nitrogen and oxygen atoms in total. The minimum absolute atomic E-state index is 0.0426. The highest BCUT2D eigenvalue weighted by atomic mass is 32.2. The van der Waals surface area contributed by atoms with Crippen LogP contribution in [0, 0.1) is 18.6 Å². The highest BCUT2D eigenvalue weighted by Gasteiger charge is 2.32. The van der Waals surface area contributed by atoms with E-state index in [1.54, 1.807) is 0 Å². The van der Waals surface area contributed by atoms with Crippen molar-refractivity contribution in [1.82, 2.24) is 5.16 Å². The first-order chi connectivity index (χ1) is 14.7. The molecule has 3 rings (SSSR count). The summed E-state index contributed by atoms with van der Waals surface area (Å²) in [5.41, 5.74) is -1.65. The first kappa shape index (κ1) is 23.5. The van der Waals surface area contributed by atoms with Crippen LogP contribution in [0.1, 0.15) is 17.7 Å². The maximum atomic E-state index is 14.3. The second-order valence-electron chi connectivity index (χ2n) is 6.41. The number of sulfonamides is 1. The van der Waals surface area contributed by atoms with E-state index in [1.165, 1.54) is 6.92 Å². The van der Waals surface area contributed by atoms with E-state index in [9.17, 15) is 39.2 Å². The molecule has 1 aromatic heterocycles. The van der Waals surface area contributed by atoms with Crippen LogP contribution in [0.4, 0.5) is 30.7 Å². The minimum Gasteiger partial charge on any atom is -0.406 e. The third kappa shape index (κ3) is 4.70. The van der Waals surface area contributed by atoms with E-state index in [0.717, 1.165) is 18.2 Å². The van der Waals surface area contributed by atoms with Gasteiger partial charge in [0.15, 0.2) is 4.90 Å². The van der Waals surface area contributed by atoms with Gasteiger partial charge < -0.3 is 9.26 Å². The van der Waals surface area contributed by atoms with E-state index in [-0.39, 0.29) is 16.8 Å². The average molecular weight is 484 g/mol. The van der Waals surface area contributed by atoms with Gasteiger partial charge in [0.25, 0.3) is 6.43 Å². The van der Waals surface area contributed by atoms with Crippen LogP contribution in [0.25, 0.3) is 22.4 Å². The number of alkyl halides is 5. The lowest BCUT2D eigenvalue weighted by atomic mass is 9.97. The van der Waals surface area contributed by atoms with Crippen molar-refractivity contribution in [2.75, 3.05) is 0 Å². The van der Waals surface area contributed by atoms with Crippen LogP contribution < -0.4 is 9.88 Å². The Hall–Kier alpha value is -3.13. The Morgan fingerprint density at radius 1 is 1.06 bits per heavy atom. The standard InChI is InChI=1S/C18H11F7N2O4S/c1-7-4-8(2-3-12(7)30-18(23,24)25)14-13(15(17(21)22)31-27-14)9-5-10(19)16(11(20)6-9)32(26,28)29/h2-6,17H,1H3,(H2,26,28,29). The molecule has 1 heterocycles. The Labute approximate surface area is 175 Å². The summed E-state index contributed by atoms with van der Waals surface area (Å²) in [6.45, 7) is 1.23. The fourth-order valence-corrected chi connectivity index (χ4v) is 3.60. The molecule has 172 valence electrons. The minimum atomic E-state index is -4.98. The van der Waals surface area contributed by atoms with E-state index < -0.39 is 62.0 Å². The van der Waals surface area contributed by atoms with Crippen LogP contribution in [0.3, 0.4) is 0 Å². The van der Waals surface area contributed by atoms with Gasteiger partial charge in [0.05, 0.1) is 5.56 Å². The van der Waals surface area contributed by atoms with Crippen molar-refractivity contribution in [2.45, 2.75) is 24.6 Å². The highest BCUT2D eigenvalue weighted by molar-refractivity contribution is 7.89. The molecule has 0 bridgehead atoms. The first-order valence-electron chi connectivity index (χ1n) is 8.35. The van der Waals surface area contributed by atoms with Crippen molar-refractivity contribution in [3.05, 3.63) is 53.3 Å². The van der Waals surface area contributed by atoms with Crippen LogP contribution in [-0.4, -0.2) is 19.9 Å². The molecule has 0 amide bonds. The highest BCUT2D eigenvalue weighted by Crippen LogP contribution is 2.41. The van der Waals surface area contributed by atoms with Gasteiger partial charge in [0.1, 0.15) is 23.1 Å². The predicted octanol–water partition coefficient (Wildman–Crippen LogP) is 5.08. The molecule has 0 saturated heterocycles. The van der Waals surface area contributed by atoms with Crippen molar-refractivity contribution in [2.24, 2.45) is 5.14 Å². The molecule has 14 heteroatoms. The first-order valence-corrected chi connectivity index (χ1v) is 9.90. The smallest absolute Gasteiger partial charge is 0.406 e. The molecule has 0 atom stereocenters. The number of primary sulfonamides is 1. The lowest BCUT2D eigenvalue weighted by Crippen LogP contribution is -2.17. The van der Waals surface area contributed by atoms with Crippen LogP contribution >= 0.6 is 0 Å². The van der Waals surface area contributed by atoms with Crippen molar-refractivity contribution in [3.8, 4) is 28.1 Å². The molecule has 0 aliphatic heterocycles. The number of rotatable bonds is 5. The summed E-state index contributed by atoms with van der Waals surface area (Å²) >= 11 is 0. The molecule has 2 N–H and O–H groups in total. The number of benzene rings is 2. The number of hydrogen-bond acceptors (Lipinski definition) is 5. The lowest BCUT2D eigenvalue weighted by molar-refractivity contribution is -0.274. The normalized spacial score (nSPS) is 12.4. The zero-order valence-corrected chi connectivity index (χ0v) is 16.5. The zero-order chi connectivity index (χ0) is 24.0. The molecule has 0 spiro atoms. The van der Waals surface area contributed by atoms with E-state index in [2.05, 4.69) is 14.4 Å². The number of halogens is 7. The molecule has 0 saturated carbocycles. The summed E-state index contributed by atoms with van der Waals surface area (Å²) in [6, 6.07) is 3.92. The van der Waals surface area contributed by atoms with Gasteiger partial charge >= 0.3 is 6.36 Å². The third-order valence-electron chi connectivity index (χ3n) is 4.16. The van der Waals surface area contributed by atoms with E-state index >= 15 is 0 Å². The van der Waals surface area contributed by atoms with Crippen LogP contribution in [0.5, 0.6) is 5.75 Å². The monoisotopic (exact) mass is 484 g/mol. The van der Waals surface area contributed by atoms with Crippen LogP contribution in [-0.2, 0) is 10.0 Å². The Morgan fingerprint density at radius 2 is 1.66 bits per heavy atom. The fraction of sp³-hybridized carbons (Fsp3) is 0.167. The summed E-state index contributed by atoms with van der Waals surface area (Å²) < 4.78 is 124. The number of aromatic nitrogens is 1. The van der Waals surface area contributed by atoms with Gasteiger partial charge in [-0.1, -0.05) is 5.16 Å². The molecule has 0 fully saturated rings. The number of nitrogens with two attached hydrogens (primary N) is 1. The fourth-order valence-electron chi connectivity index (χ4n) is 2.94. The maximum Gasteiger partial charge on any atom is 0.573 e. The average Bonchev–Trinajstić information content (AvgIpc) is 3.06. The number of aryl methyl sites for hydroxylation is 1. The van der Waals surface area contributed by atoms with Gasteiger partial charge in [0, 0.05) is 5.56 Å². The molecule has 0 unspecified atom stereocenters. The van der Waals surface area contributed by atoms with Gasteiger partial charge in [-0.15, -0.1) is 13.2 Å². The topological polar surface area (TPSA) is 95.4 Å². The molecular formula is C18H11F7N2O4S. The molecule has 0 aliphatic rings. The second kappa shape index (κ2) is 8.09. The molecule has 3 aromatic rings. The van der Waals surface area contributed by atoms with Gasteiger partial charge in [-0.05, 0) is 48.4 Å². The number of hydrogen-bond donors (Lipinski definition) is 1. The van der Waals surface area contributed by atoms with E-state index in [0.29, 0.717) is 12.1 Å². The maximum absolute atomic E-state index is 14.3. The van der Waals surface area contributed by atoms with Crippen LogP contribution in [0.15, 0.2) is 39.8 Å². The third-order valence-corrected chi connectivity index (χ3v) is 5.12. The summed E-state index contributed by atoms with van der Waals surface area (Å²) in [5, 5.41) is 8.20. The number of nitrogens with zero attached hydrogens (tertiary/aromatic N) is 1. The van der Waals surface area contributed by atoms with Gasteiger partial charge in [-0.3, -0.25) is 0 Å². The predicted molar refractivity (Wildman–Crippen MR) is 95.0 cm³/mol. The largest absolute Gasteiger partial charge is 0.573 e. The Morgan fingerprint density at radius 3 is 2.12 bits per heavy atom. The van der Waals surface area contributed by atoms with Crippen molar-refractivity contribution in [1.29, 1.82) is 0 Å². The summed E-state index contributed by atoms with van der Waals surface area (Å²) in [5.74, 6) is -4.98. The van der Waals surface area contributed by atoms with Crippen molar-refractivity contribution in [3.63, 3.8) is 0 Å². The Kier molecular flexibility index (Phi) is 5.95. The Balaban J connectivity index is 2.20. The number of ether oxygens (including phenoxy) is 1. The van der Waals surface area contributed by atoms with Crippen molar-refractivity contribution < 1.29 is 48.4 Å².